The van der Waals surface area contributed by atoms with E-state index in [4.69, 9.17) is 19.4 Å². The van der Waals surface area contributed by atoms with E-state index in [-0.39, 0.29) is 10.9 Å². The smallest absolute Gasteiger partial charge is 0.212 e. The predicted octanol–water partition coefficient (Wildman–Crippen LogP) is 6.07. The molecule has 2 aromatic carbocycles. The monoisotopic (exact) mass is 628 g/mol. The molecule has 0 unspecified atom stereocenters. The maximum absolute atomic E-state index is 13.0. The van der Waals surface area contributed by atoms with Crippen LogP contribution in [-0.4, -0.2) is 43.3 Å². The molecule has 0 saturated carbocycles. The molecule has 4 aromatic heterocycles. The Morgan fingerprint density at radius 1 is 0.682 bits per heavy atom. The van der Waals surface area contributed by atoms with Crippen LogP contribution in [0.15, 0.2) is 58.4 Å². The molecule has 0 aliphatic carbocycles. The van der Waals surface area contributed by atoms with Crippen molar-refractivity contribution in [1.82, 2.24) is 29.1 Å². The van der Waals surface area contributed by atoms with Crippen LogP contribution in [0, 0.1) is 27.7 Å². The first-order valence-corrected chi connectivity index (χ1v) is 16.4. The molecule has 10 nitrogen and oxygen atoms in total. The van der Waals surface area contributed by atoms with E-state index in [2.05, 4.69) is 9.97 Å². The number of fused-ring (bicyclic) bond motifs is 2. The zero-order valence-electron chi connectivity index (χ0n) is 25.3. The van der Waals surface area contributed by atoms with Crippen LogP contribution in [-0.2, 0) is 11.5 Å². The van der Waals surface area contributed by atoms with Crippen LogP contribution in [0.4, 0.5) is 0 Å². The largest absolute Gasteiger partial charge is 0.497 e. The summed E-state index contributed by atoms with van der Waals surface area (Å²) >= 11 is 0. The van der Waals surface area contributed by atoms with Crippen molar-refractivity contribution in [2.75, 3.05) is 14.2 Å². The van der Waals surface area contributed by atoms with Crippen LogP contribution in [0.2, 0.25) is 0 Å². The Bertz CT molecular complexity index is 2010. The molecular formula is C32H32N6O4S2. The Kier molecular flexibility index (Phi) is 8.04. The van der Waals surface area contributed by atoms with E-state index >= 15 is 0 Å². The lowest BCUT2D eigenvalue weighted by Crippen LogP contribution is -2.19. The number of aryl methyl sites for hydroxylation is 2. The number of methoxy groups -OCH3 is 2. The number of aromatic nitrogens is 6. The Hall–Kier alpha value is -4.42. The number of nitrogens with one attached hydrogen (secondary N) is 2. The van der Waals surface area contributed by atoms with Gasteiger partial charge in [0.05, 0.1) is 36.3 Å². The van der Waals surface area contributed by atoms with Crippen molar-refractivity contribution in [3.8, 4) is 23.4 Å². The molecule has 0 aliphatic rings. The Balaban J connectivity index is 1.29. The zero-order chi connectivity index (χ0) is 31.1. The molecule has 0 fully saturated rings. The van der Waals surface area contributed by atoms with Gasteiger partial charge < -0.3 is 19.4 Å². The minimum absolute atomic E-state index is 0.0179. The SMILES string of the molecule is COc1ccc2nc(-n3cc(C)c(=O)c(C)c3CSSCc3c(C)c(=O)c(C)cn3-c3nc4ccc(OC)cc4[nH]3)[nH]c2c1. The molecule has 226 valence electrons. The number of nitrogens with zero attached hydrogens (tertiary/aromatic N) is 4. The van der Waals surface area contributed by atoms with Crippen molar-refractivity contribution in [2.24, 2.45) is 0 Å². The first-order chi connectivity index (χ1) is 21.2. The third-order valence-corrected chi connectivity index (χ3v) is 9.93. The van der Waals surface area contributed by atoms with Crippen molar-refractivity contribution in [3.63, 3.8) is 0 Å². The molecule has 44 heavy (non-hydrogen) atoms. The number of pyridine rings is 2. The maximum Gasteiger partial charge on any atom is 0.212 e. The molecule has 0 radical (unpaired) electrons. The number of rotatable bonds is 9. The lowest BCUT2D eigenvalue weighted by atomic mass is 10.1. The summed E-state index contributed by atoms with van der Waals surface area (Å²) in [6.45, 7) is 7.35. The highest BCUT2D eigenvalue weighted by atomic mass is 33.1. The zero-order valence-corrected chi connectivity index (χ0v) is 26.9. The number of H-pyrrole nitrogens is 2. The molecule has 0 amide bonds. The minimum Gasteiger partial charge on any atom is -0.497 e. The molecule has 0 saturated heterocycles. The fourth-order valence-corrected chi connectivity index (χ4v) is 7.51. The van der Waals surface area contributed by atoms with Crippen LogP contribution in [0.5, 0.6) is 11.5 Å². The van der Waals surface area contributed by atoms with Crippen molar-refractivity contribution < 1.29 is 9.47 Å². The number of imidazole rings is 2. The second-order valence-corrected chi connectivity index (χ2v) is 13.0. The van der Waals surface area contributed by atoms with Gasteiger partial charge in [0, 0.05) is 69.7 Å². The topological polar surface area (TPSA) is 120 Å². The highest BCUT2D eigenvalue weighted by Crippen LogP contribution is 2.32. The summed E-state index contributed by atoms with van der Waals surface area (Å²) < 4.78 is 14.7. The van der Waals surface area contributed by atoms with Gasteiger partial charge in [-0.25, -0.2) is 9.97 Å². The minimum atomic E-state index is 0.0179. The molecular weight excluding hydrogens is 597 g/mol. The number of benzene rings is 2. The van der Waals surface area contributed by atoms with Gasteiger partial charge in [-0.1, -0.05) is 21.6 Å². The van der Waals surface area contributed by atoms with Gasteiger partial charge >= 0.3 is 0 Å². The first-order valence-electron chi connectivity index (χ1n) is 13.9. The van der Waals surface area contributed by atoms with Gasteiger partial charge in [0.2, 0.25) is 11.9 Å². The fraction of sp³-hybridized carbons (Fsp3) is 0.250. The van der Waals surface area contributed by atoms with Crippen LogP contribution in [0.1, 0.15) is 33.6 Å². The third-order valence-electron chi connectivity index (χ3n) is 7.77. The fourth-order valence-electron chi connectivity index (χ4n) is 5.24. The summed E-state index contributed by atoms with van der Waals surface area (Å²) in [5.74, 6) is 3.83. The standard InChI is InChI=1S/C32H32N6O4S2/c1-17-13-37(31-33-23-9-7-21(41-5)11-25(23)35-31)27(19(3)29(17)39)15-43-44-16-28-20(4)30(40)18(2)14-38(28)32-34-24-10-8-22(42-6)12-26(24)36-32/h7-14H,15-16H2,1-6H3,(H,33,35)(H,34,36). The Morgan fingerprint density at radius 2 is 1.09 bits per heavy atom. The molecule has 0 spiro atoms. The van der Waals surface area contributed by atoms with E-state index in [0.717, 1.165) is 45.0 Å². The normalized spacial score (nSPS) is 11.5. The van der Waals surface area contributed by atoms with Gasteiger partial charge in [-0.3, -0.25) is 18.7 Å². The van der Waals surface area contributed by atoms with E-state index in [1.807, 2.05) is 85.6 Å². The predicted molar refractivity (Wildman–Crippen MR) is 178 cm³/mol. The van der Waals surface area contributed by atoms with Crippen LogP contribution < -0.4 is 20.3 Å². The van der Waals surface area contributed by atoms with Gasteiger partial charge in [-0.05, 0) is 52.0 Å². The number of hydrogen-bond acceptors (Lipinski definition) is 8. The molecule has 6 aromatic rings. The summed E-state index contributed by atoms with van der Waals surface area (Å²) in [4.78, 5) is 42.3. The average molecular weight is 629 g/mol. The summed E-state index contributed by atoms with van der Waals surface area (Å²) in [7, 11) is 6.49. The van der Waals surface area contributed by atoms with Gasteiger partial charge in [0.15, 0.2) is 10.9 Å². The summed E-state index contributed by atoms with van der Waals surface area (Å²) in [6.07, 6.45) is 3.67. The molecule has 0 aliphatic heterocycles. The highest BCUT2D eigenvalue weighted by molar-refractivity contribution is 8.76. The lowest BCUT2D eigenvalue weighted by Gasteiger charge is -2.16. The van der Waals surface area contributed by atoms with E-state index < -0.39 is 0 Å². The Labute approximate surface area is 261 Å². The van der Waals surface area contributed by atoms with E-state index in [0.29, 0.717) is 45.7 Å². The van der Waals surface area contributed by atoms with Crippen LogP contribution in [0.25, 0.3) is 34.0 Å². The van der Waals surface area contributed by atoms with Gasteiger partial charge in [-0.15, -0.1) is 0 Å². The second-order valence-electron chi connectivity index (χ2n) is 10.6. The Morgan fingerprint density at radius 3 is 1.48 bits per heavy atom. The van der Waals surface area contributed by atoms with Crippen molar-refractivity contribution in [2.45, 2.75) is 39.2 Å². The van der Waals surface area contributed by atoms with Crippen molar-refractivity contribution in [3.05, 3.63) is 103 Å². The van der Waals surface area contributed by atoms with Crippen LogP contribution >= 0.6 is 21.6 Å². The van der Waals surface area contributed by atoms with E-state index in [1.165, 1.54) is 0 Å². The molecule has 0 atom stereocenters. The molecule has 0 bridgehead atoms. The van der Waals surface area contributed by atoms with Gasteiger partial charge in [-0.2, -0.15) is 0 Å². The molecule has 6 rings (SSSR count). The number of aromatic amines is 2. The highest BCUT2D eigenvalue weighted by Gasteiger charge is 2.18. The molecule has 12 heteroatoms. The van der Waals surface area contributed by atoms with Crippen LogP contribution in [0.3, 0.4) is 0 Å². The summed E-state index contributed by atoms with van der Waals surface area (Å²) in [5.41, 5.74) is 7.69. The van der Waals surface area contributed by atoms with Gasteiger partial charge in [0.25, 0.3) is 0 Å². The average Bonchev–Trinajstić information content (AvgIpc) is 3.65. The van der Waals surface area contributed by atoms with Crippen molar-refractivity contribution in [1.29, 1.82) is 0 Å². The summed E-state index contributed by atoms with van der Waals surface area (Å²) in [6, 6.07) is 11.4. The number of ether oxygens (including phenoxy) is 2. The van der Waals surface area contributed by atoms with Crippen molar-refractivity contribution >= 4 is 43.7 Å². The van der Waals surface area contributed by atoms with E-state index in [9.17, 15) is 9.59 Å². The van der Waals surface area contributed by atoms with E-state index in [1.54, 1.807) is 35.8 Å². The summed E-state index contributed by atoms with van der Waals surface area (Å²) in [5, 5.41) is 0. The quantitative estimate of drug-likeness (QED) is 0.146. The molecule has 2 N–H and O–H groups in total. The number of hydrogen-bond donors (Lipinski definition) is 2. The van der Waals surface area contributed by atoms with Gasteiger partial charge in [0.1, 0.15) is 11.5 Å². The lowest BCUT2D eigenvalue weighted by molar-refractivity contribution is 0.415. The molecule has 4 heterocycles. The maximum atomic E-state index is 13.0. The third kappa shape index (κ3) is 5.39. The first kappa shape index (κ1) is 29.6. The second kappa shape index (κ2) is 11.9.